The summed E-state index contributed by atoms with van der Waals surface area (Å²) in [5.41, 5.74) is 2.99. The molecule has 7 nitrogen and oxygen atoms in total. The van der Waals surface area contributed by atoms with Crippen LogP contribution in [0, 0.1) is 13.8 Å². The zero-order valence-electron chi connectivity index (χ0n) is 16.4. The summed E-state index contributed by atoms with van der Waals surface area (Å²) in [6, 6.07) is 11.4. The Bertz CT molecular complexity index is 951. The fraction of sp³-hybridized carbons (Fsp3) is 0.333. The molecule has 0 radical (unpaired) electrons. The van der Waals surface area contributed by atoms with Crippen molar-refractivity contribution < 1.29 is 14.3 Å². The van der Waals surface area contributed by atoms with Crippen molar-refractivity contribution in [3.05, 3.63) is 64.0 Å². The van der Waals surface area contributed by atoms with E-state index >= 15 is 0 Å². The number of imide groups is 1. The Morgan fingerprint density at radius 2 is 1.66 bits per heavy atom. The highest BCUT2D eigenvalue weighted by atomic mass is 32.2. The third-order valence-electron chi connectivity index (χ3n) is 4.77. The van der Waals surface area contributed by atoms with Gasteiger partial charge in [0.05, 0.1) is 19.8 Å². The minimum Gasteiger partial charge on any atom is -0.378 e. The van der Waals surface area contributed by atoms with Gasteiger partial charge >= 0.3 is 0 Å². The van der Waals surface area contributed by atoms with Crippen LogP contribution in [0.2, 0.25) is 0 Å². The summed E-state index contributed by atoms with van der Waals surface area (Å²) >= 11 is 1.17. The molecule has 2 aromatic rings. The molecule has 0 atom stereocenters. The molecule has 2 aliphatic rings. The smallest absolute Gasteiger partial charge is 0.278 e. The van der Waals surface area contributed by atoms with Crippen LogP contribution in [0.25, 0.3) is 0 Å². The van der Waals surface area contributed by atoms with Crippen molar-refractivity contribution in [3.63, 3.8) is 0 Å². The fourth-order valence-electron chi connectivity index (χ4n) is 3.44. The van der Waals surface area contributed by atoms with Gasteiger partial charge < -0.3 is 9.64 Å². The Morgan fingerprint density at radius 1 is 1.00 bits per heavy atom. The van der Waals surface area contributed by atoms with Crippen LogP contribution >= 0.6 is 11.8 Å². The number of amides is 2. The van der Waals surface area contributed by atoms with Crippen LogP contribution in [0.3, 0.4) is 0 Å². The summed E-state index contributed by atoms with van der Waals surface area (Å²) in [5, 5.41) is 0.478. The Balaban J connectivity index is 1.68. The number of rotatable bonds is 5. The van der Waals surface area contributed by atoms with Crippen LogP contribution in [-0.2, 0) is 20.9 Å². The normalized spacial score (nSPS) is 17.4. The average Bonchev–Trinajstić information content (AvgIpc) is 2.93. The first kappa shape index (κ1) is 19.6. The van der Waals surface area contributed by atoms with Crippen molar-refractivity contribution in [2.45, 2.75) is 25.5 Å². The second-order valence-corrected chi connectivity index (χ2v) is 7.97. The zero-order valence-corrected chi connectivity index (χ0v) is 17.2. The number of morpholine rings is 1. The molecule has 1 fully saturated rings. The number of thioether (sulfide) groups is 1. The molecular weight excluding hydrogens is 388 g/mol. The Labute approximate surface area is 173 Å². The highest BCUT2D eigenvalue weighted by Gasteiger charge is 2.42. The SMILES string of the molecule is Cc1cc(C)nc(SC2=C(N3CCOCC3)C(=O)N(Cc3ccccc3)C2=O)n1. The first-order valence-corrected chi connectivity index (χ1v) is 10.3. The lowest BCUT2D eigenvalue weighted by molar-refractivity contribution is -0.138. The van der Waals surface area contributed by atoms with Crippen LogP contribution in [0.15, 0.2) is 52.2 Å². The lowest BCUT2D eigenvalue weighted by Gasteiger charge is -2.29. The van der Waals surface area contributed by atoms with Crippen molar-refractivity contribution in [1.82, 2.24) is 19.8 Å². The minimum atomic E-state index is -0.298. The standard InChI is InChI=1S/C21H22N4O3S/c1-14-12-15(2)23-21(22-14)29-18-17(24-8-10-28-11-9-24)19(26)25(20(18)27)13-16-6-4-3-5-7-16/h3-7,12H,8-11,13H2,1-2H3. The van der Waals surface area contributed by atoms with Crippen molar-refractivity contribution in [2.75, 3.05) is 26.3 Å². The monoisotopic (exact) mass is 410 g/mol. The third kappa shape index (κ3) is 4.18. The summed E-state index contributed by atoms with van der Waals surface area (Å²) in [5.74, 6) is -0.569. The number of carbonyl (C=O) groups is 2. The topological polar surface area (TPSA) is 75.6 Å². The molecule has 1 aromatic carbocycles. The molecule has 0 aliphatic carbocycles. The maximum atomic E-state index is 13.3. The van der Waals surface area contributed by atoms with E-state index < -0.39 is 0 Å². The van der Waals surface area contributed by atoms with Gasteiger partial charge in [0.15, 0.2) is 5.16 Å². The largest absolute Gasteiger partial charge is 0.378 e. The van der Waals surface area contributed by atoms with E-state index in [9.17, 15) is 9.59 Å². The quantitative estimate of drug-likeness (QED) is 0.553. The van der Waals surface area contributed by atoms with Crippen LogP contribution in [0.4, 0.5) is 0 Å². The summed E-state index contributed by atoms with van der Waals surface area (Å²) in [7, 11) is 0. The maximum absolute atomic E-state index is 13.3. The molecule has 3 heterocycles. The molecule has 150 valence electrons. The number of hydrogen-bond donors (Lipinski definition) is 0. The zero-order chi connectivity index (χ0) is 20.4. The molecule has 2 aliphatic heterocycles. The van der Waals surface area contributed by atoms with Gasteiger partial charge in [0.1, 0.15) is 10.6 Å². The highest BCUT2D eigenvalue weighted by Crippen LogP contribution is 2.36. The lowest BCUT2D eigenvalue weighted by atomic mass is 10.2. The molecule has 0 unspecified atom stereocenters. The predicted octanol–water partition coefficient (Wildman–Crippen LogP) is 2.30. The van der Waals surface area contributed by atoms with Crippen LogP contribution in [0.1, 0.15) is 17.0 Å². The van der Waals surface area contributed by atoms with E-state index in [-0.39, 0.29) is 18.4 Å². The highest BCUT2D eigenvalue weighted by molar-refractivity contribution is 8.04. The van der Waals surface area contributed by atoms with Gasteiger partial charge in [-0.1, -0.05) is 30.3 Å². The van der Waals surface area contributed by atoms with Gasteiger partial charge in [-0.2, -0.15) is 0 Å². The first-order chi connectivity index (χ1) is 14.0. The van der Waals surface area contributed by atoms with Crippen LogP contribution in [-0.4, -0.2) is 57.9 Å². The van der Waals surface area contributed by atoms with E-state index in [1.54, 1.807) is 0 Å². The second kappa shape index (κ2) is 8.34. The van der Waals surface area contributed by atoms with Gasteiger partial charge in [0, 0.05) is 24.5 Å². The third-order valence-corrected chi connectivity index (χ3v) is 5.71. The Hall–Kier alpha value is -2.71. The molecule has 1 aromatic heterocycles. The molecule has 29 heavy (non-hydrogen) atoms. The fourth-order valence-corrected chi connectivity index (χ4v) is 4.51. The number of nitrogens with zero attached hydrogens (tertiary/aromatic N) is 4. The summed E-state index contributed by atoms with van der Waals surface area (Å²) in [4.78, 5) is 39.0. The number of aromatic nitrogens is 2. The molecule has 4 rings (SSSR count). The van der Waals surface area contributed by atoms with Crippen LogP contribution < -0.4 is 0 Å². The molecule has 0 bridgehead atoms. The number of benzene rings is 1. The molecule has 1 saturated heterocycles. The van der Waals surface area contributed by atoms with Gasteiger partial charge in [0.25, 0.3) is 11.8 Å². The van der Waals surface area contributed by atoms with Crippen molar-refractivity contribution in [3.8, 4) is 0 Å². The number of hydrogen-bond acceptors (Lipinski definition) is 7. The molecular formula is C21H22N4O3S. The maximum Gasteiger partial charge on any atom is 0.278 e. The van der Waals surface area contributed by atoms with Crippen molar-refractivity contribution in [1.29, 1.82) is 0 Å². The average molecular weight is 410 g/mol. The molecule has 8 heteroatoms. The van der Waals surface area contributed by atoms with E-state index in [4.69, 9.17) is 4.74 Å². The molecule has 0 saturated carbocycles. The van der Waals surface area contributed by atoms with Gasteiger partial charge in [-0.25, -0.2) is 9.97 Å². The summed E-state index contributed by atoms with van der Waals surface area (Å²) in [6.07, 6.45) is 0. The Kier molecular flexibility index (Phi) is 5.64. The van der Waals surface area contributed by atoms with Crippen LogP contribution in [0.5, 0.6) is 0 Å². The Morgan fingerprint density at radius 3 is 2.31 bits per heavy atom. The number of ether oxygens (including phenoxy) is 1. The lowest BCUT2D eigenvalue weighted by Crippen LogP contribution is -2.40. The van der Waals surface area contributed by atoms with Crippen molar-refractivity contribution >= 4 is 23.6 Å². The number of aryl methyl sites for hydroxylation is 2. The van der Waals surface area contributed by atoms with E-state index in [1.165, 1.54) is 16.7 Å². The van der Waals surface area contributed by atoms with Crippen molar-refractivity contribution in [2.24, 2.45) is 0 Å². The number of carbonyl (C=O) groups excluding carboxylic acids is 2. The van der Waals surface area contributed by atoms with E-state index in [0.717, 1.165) is 17.0 Å². The van der Waals surface area contributed by atoms with Gasteiger partial charge in [-0.05, 0) is 37.2 Å². The summed E-state index contributed by atoms with van der Waals surface area (Å²) < 4.78 is 5.42. The molecule has 0 N–H and O–H groups in total. The van der Waals surface area contributed by atoms with E-state index in [2.05, 4.69) is 9.97 Å². The van der Waals surface area contributed by atoms with Gasteiger partial charge in [-0.3, -0.25) is 14.5 Å². The molecule has 2 amide bonds. The second-order valence-electron chi connectivity index (χ2n) is 6.99. The summed E-state index contributed by atoms with van der Waals surface area (Å²) in [6.45, 7) is 6.22. The van der Waals surface area contributed by atoms with Gasteiger partial charge in [-0.15, -0.1) is 0 Å². The predicted molar refractivity (Wildman–Crippen MR) is 109 cm³/mol. The van der Waals surface area contributed by atoms with E-state index in [0.29, 0.717) is 42.1 Å². The minimum absolute atomic E-state index is 0.240. The first-order valence-electron chi connectivity index (χ1n) is 9.50. The molecule has 0 spiro atoms. The van der Waals surface area contributed by atoms with Gasteiger partial charge in [0.2, 0.25) is 0 Å². The van der Waals surface area contributed by atoms with E-state index in [1.807, 2.05) is 55.1 Å².